The maximum Gasteiger partial charge on any atom is 0.0633 e. The summed E-state index contributed by atoms with van der Waals surface area (Å²) >= 11 is 3.79. The molecule has 0 bridgehead atoms. The molecule has 0 saturated heterocycles. The molecule has 0 amide bonds. The van der Waals surface area contributed by atoms with Crippen LogP contribution in [-0.4, -0.2) is 0 Å². The van der Waals surface area contributed by atoms with Gasteiger partial charge < -0.3 is 10.2 Å². The highest BCUT2D eigenvalue weighted by Gasteiger charge is 2.38. The fourth-order valence-electron chi connectivity index (χ4n) is 16.6. The van der Waals surface area contributed by atoms with Crippen LogP contribution in [0.2, 0.25) is 0 Å². The minimum Gasteiger partial charge on any atom is -0.356 e. The molecule has 18 aromatic rings. The fourth-order valence-corrected chi connectivity index (χ4v) is 19.2. The largest absolute Gasteiger partial charge is 0.356 e. The minimum atomic E-state index is -0.134. The molecule has 520 valence electrons. The van der Waals surface area contributed by atoms with E-state index in [0.29, 0.717) is 0 Å². The number of benzene rings is 16. The first-order valence-electron chi connectivity index (χ1n) is 37.0. The molecule has 0 spiro atoms. The summed E-state index contributed by atoms with van der Waals surface area (Å²) in [7, 11) is 0. The molecule has 2 aliphatic rings. The molecule has 2 nitrogen and oxygen atoms in total. The van der Waals surface area contributed by atoms with Crippen molar-refractivity contribution >= 4 is 91.5 Å². The lowest BCUT2D eigenvalue weighted by Crippen LogP contribution is -2.17. The second-order valence-corrected chi connectivity index (χ2v) is 31.2. The highest BCUT2D eigenvalue weighted by atomic mass is 32.1. The number of hydrogen-bond acceptors (Lipinski definition) is 4. The SMILES string of the molecule is C.CC1(C)c2ccccc2-c2ccc(N(c3ccc(-c4ccccc4)cc3)c3c(-c4ccccc4)cc4c(sc5ccccc54)c3-c3ccccc3)cc21.CC1(C)c2ccccc2-c2ccc(Nc3ccc(-c4ccccc4)cc3)cc21.Cc1c(-c2ccccc2)cc2c(sc3ccccc32)c1-c1ccccc1. The van der Waals surface area contributed by atoms with E-state index < -0.39 is 0 Å². The van der Waals surface area contributed by atoms with E-state index in [1.165, 1.54) is 163 Å². The van der Waals surface area contributed by atoms with E-state index in [1.54, 1.807) is 0 Å². The number of nitrogens with zero attached hydrogens (tertiary/aromatic N) is 1. The van der Waals surface area contributed by atoms with Gasteiger partial charge >= 0.3 is 0 Å². The Morgan fingerprint density at radius 3 is 1.12 bits per heavy atom. The summed E-state index contributed by atoms with van der Waals surface area (Å²) < 4.78 is 5.33. The van der Waals surface area contributed by atoms with Gasteiger partial charge in [-0.05, 0) is 180 Å². The minimum absolute atomic E-state index is 0. The molecule has 2 heterocycles. The monoisotopic (exact) mass is 1420 g/mol. The first-order valence-corrected chi connectivity index (χ1v) is 38.7. The predicted octanol–water partition coefficient (Wildman–Crippen LogP) is 30.6. The van der Waals surface area contributed by atoms with Crippen LogP contribution >= 0.6 is 22.7 Å². The molecule has 16 aromatic carbocycles. The second-order valence-electron chi connectivity index (χ2n) is 29.1. The summed E-state index contributed by atoms with van der Waals surface area (Å²) in [5.41, 5.74) is 32.8. The molecule has 0 aliphatic heterocycles. The van der Waals surface area contributed by atoms with Crippen molar-refractivity contribution in [2.24, 2.45) is 0 Å². The molecule has 2 aliphatic carbocycles. The Morgan fingerprint density at radius 2 is 0.611 bits per heavy atom. The summed E-state index contributed by atoms with van der Waals surface area (Å²) in [5, 5.41) is 8.87. The molecular weight excluding hydrogens is 1340 g/mol. The van der Waals surface area contributed by atoms with Gasteiger partial charge in [-0.25, -0.2) is 0 Å². The van der Waals surface area contributed by atoms with Gasteiger partial charge in [0, 0.05) is 90.6 Å². The first-order chi connectivity index (χ1) is 52.5. The van der Waals surface area contributed by atoms with E-state index in [4.69, 9.17) is 0 Å². The number of fused-ring (bicyclic) bond motifs is 12. The van der Waals surface area contributed by atoms with E-state index in [2.05, 4.69) is 415 Å². The molecule has 0 saturated carbocycles. The van der Waals surface area contributed by atoms with Crippen LogP contribution in [0, 0.1) is 6.92 Å². The van der Waals surface area contributed by atoms with Crippen LogP contribution in [0.15, 0.2) is 376 Å². The Labute approximate surface area is 642 Å². The van der Waals surface area contributed by atoms with Gasteiger partial charge in [-0.3, -0.25) is 0 Å². The van der Waals surface area contributed by atoms with Gasteiger partial charge in [-0.2, -0.15) is 0 Å². The molecule has 0 fully saturated rings. The van der Waals surface area contributed by atoms with Gasteiger partial charge in [0.05, 0.1) is 5.69 Å². The molecule has 2 aromatic heterocycles. The van der Waals surface area contributed by atoms with Crippen molar-refractivity contribution < 1.29 is 0 Å². The molecule has 0 unspecified atom stereocenters. The third-order valence-corrected chi connectivity index (χ3v) is 24.4. The number of anilines is 5. The lowest BCUT2D eigenvalue weighted by atomic mass is 9.82. The fraction of sp³-hybridized carbons (Fsp3) is 0.0769. The Morgan fingerprint density at radius 1 is 0.259 bits per heavy atom. The molecule has 0 atom stereocenters. The second kappa shape index (κ2) is 28.8. The van der Waals surface area contributed by atoms with Crippen molar-refractivity contribution in [1.29, 1.82) is 0 Å². The Balaban J connectivity index is 0.000000130. The van der Waals surface area contributed by atoms with Crippen molar-refractivity contribution in [3.63, 3.8) is 0 Å². The lowest BCUT2D eigenvalue weighted by Gasteiger charge is -2.32. The van der Waals surface area contributed by atoms with Crippen LogP contribution in [0.1, 0.15) is 62.9 Å². The maximum absolute atomic E-state index is 3.58. The number of hydrogen-bond donors (Lipinski definition) is 1. The first kappa shape index (κ1) is 68.7. The predicted molar refractivity (Wildman–Crippen MR) is 469 cm³/mol. The summed E-state index contributed by atoms with van der Waals surface area (Å²) in [6.07, 6.45) is 0. The van der Waals surface area contributed by atoms with E-state index >= 15 is 0 Å². The van der Waals surface area contributed by atoms with E-state index in [9.17, 15) is 0 Å². The highest BCUT2D eigenvalue weighted by Crippen LogP contribution is 2.57. The number of rotatable bonds is 11. The van der Waals surface area contributed by atoms with Crippen LogP contribution in [0.4, 0.5) is 28.4 Å². The van der Waals surface area contributed by atoms with Gasteiger partial charge in [-0.15, -0.1) is 22.7 Å². The van der Waals surface area contributed by atoms with Crippen LogP contribution in [0.3, 0.4) is 0 Å². The Hall–Kier alpha value is -12.4. The van der Waals surface area contributed by atoms with Crippen LogP contribution in [0.25, 0.3) is 129 Å². The molecule has 4 heteroatoms. The molecule has 1 N–H and O–H groups in total. The van der Waals surface area contributed by atoms with Gasteiger partial charge in [-0.1, -0.05) is 338 Å². The third kappa shape index (κ3) is 12.5. The lowest BCUT2D eigenvalue weighted by molar-refractivity contribution is 0.660. The van der Waals surface area contributed by atoms with Crippen molar-refractivity contribution in [3.8, 4) is 89.0 Å². The van der Waals surface area contributed by atoms with E-state index in [-0.39, 0.29) is 18.3 Å². The number of thiophene rings is 2. The van der Waals surface area contributed by atoms with Crippen LogP contribution in [0.5, 0.6) is 0 Å². The molecular formula is C104H82N2S2. The van der Waals surface area contributed by atoms with Crippen LogP contribution in [-0.2, 0) is 10.8 Å². The molecule has 0 radical (unpaired) electrons. The van der Waals surface area contributed by atoms with Crippen molar-refractivity contribution in [2.75, 3.05) is 10.2 Å². The van der Waals surface area contributed by atoms with Crippen LogP contribution < -0.4 is 10.2 Å². The van der Waals surface area contributed by atoms with Crippen molar-refractivity contribution in [2.45, 2.75) is 52.9 Å². The smallest absolute Gasteiger partial charge is 0.0633 e. The maximum atomic E-state index is 3.58. The van der Waals surface area contributed by atoms with Gasteiger partial charge in [0.15, 0.2) is 0 Å². The molecule has 20 rings (SSSR count). The Kier molecular flexibility index (Phi) is 18.3. The third-order valence-electron chi connectivity index (χ3n) is 22.0. The zero-order chi connectivity index (χ0) is 72.2. The van der Waals surface area contributed by atoms with E-state index in [0.717, 1.165) is 22.7 Å². The quantitative estimate of drug-likeness (QED) is 0.139. The number of nitrogens with one attached hydrogen (secondary N) is 1. The highest BCUT2D eigenvalue weighted by molar-refractivity contribution is 7.26. The summed E-state index contributed by atoms with van der Waals surface area (Å²) in [6.45, 7) is 11.6. The standard InChI is InChI=1S/C51H37NS.C27H23N.C25H18S.CH4/c1-51(2)45-24-14-12-22-40(45)41-31-30-39(32-46(41)51)52(38-28-26-35(27-29-38)34-16-6-3-7-17-34)49-43(36-18-8-4-9-19-36)33-44-42-23-13-15-25-47(42)53-50(44)48(49)37-20-10-5-11-21-37;1-27(2)25-11-7-6-10-23(25)24-17-16-22(18-26(24)27)28-21-14-12-20(13-15-21)19-8-4-3-5-9-19;1-17-21(18-10-4-2-5-11-18)16-22-20-14-8-9-15-23(20)26-25(22)24(17)19-12-6-3-7-13-19;/h3-33H,1-2H3;3-18,28H,1-2H3;2-16H,1H3;1H4. The molecule has 108 heavy (non-hydrogen) atoms. The van der Waals surface area contributed by atoms with Gasteiger partial charge in [0.1, 0.15) is 0 Å². The average Bonchev–Trinajstić information content (AvgIpc) is 1.25. The summed E-state index contributed by atoms with van der Waals surface area (Å²) in [5.74, 6) is 0. The Bertz CT molecular complexity index is 6300. The summed E-state index contributed by atoms with van der Waals surface area (Å²) in [6, 6.07) is 136. The van der Waals surface area contributed by atoms with Crippen molar-refractivity contribution in [1.82, 2.24) is 0 Å². The average molecular weight is 1420 g/mol. The zero-order valence-electron chi connectivity index (χ0n) is 60.6. The normalized spacial score (nSPS) is 12.6. The topological polar surface area (TPSA) is 15.3 Å². The van der Waals surface area contributed by atoms with Gasteiger partial charge in [0.2, 0.25) is 0 Å². The van der Waals surface area contributed by atoms with Crippen molar-refractivity contribution in [3.05, 3.63) is 404 Å². The summed E-state index contributed by atoms with van der Waals surface area (Å²) in [4.78, 5) is 2.53. The van der Waals surface area contributed by atoms with E-state index in [1.807, 2.05) is 28.7 Å². The van der Waals surface area contributed by atoms with Gasteiger partial charge in [0.25, 0.3) is 0 Å². The zero-order valence-corrected chi connectivity index (χ0v) is 62.2.